The van der Waals surface area contributed by atoms with Crippen LogP contribution in [0.5, 0.6) is 0 Å². The zero-order chi connectivity index (χ0) is 16.3. The maximum Gasteiger partial charge on any atom is 0.285 e. The average Bonchev–Trinajstić information content (AvgIpc) is 2.40. The number of alkyl halides is 2. The number of allylic oxidation sites excluding steroid dienone is 3. The van der Waals surface area contributed by atoms with Crippen molar-refractivity contribution in [3.63, 3.8) is 0 Å². The van der Waals surface area contributed by atoms with Gasteiger partial charge in [0.25, 0.3) is 5.92 Å². The monoisotopic (exact) mass is 298 g/mol. The van der Waals surface area contributed by atoms with Crippen molar-refractivity contribution in [2.24, 2.45) is 5.41 Å². The minimum absolute atomic E-state index is 0.0613. The lowest BCUT2D eigenvalue weighted by molar-refractivity contribution is -0.104. The molecule has 1 aliphatic rings. The first-order valence-corrected chi connectivity index (χ1v) is 7.15. The molecule has 5 heteroatoms. The molecule has 1 aliphatic carbocycles. The molecule has 0 aromatic heterocycles. The van der Waals surface area contributed by atoms with Gasteiger partial charge in [-0.05, 0) is 38.0 Å². The fourth-order valence-corrected chi connectivity index (χ4v) is 2.66. The van der Waals surface area contributed by atoms with E-state index in [4.69, 9.17) is 5.41 Å². The van der Waals surface area contributed by atoms with Crippen molar-refractivity contribution in [2.75, 3.05) is 0 Å². The van der Waals surface area contributed by atoms with Crippen LogP contribution < -0.4 is 5.32 Å². The van der Waals surface area contributed by atoms with Crippen LogP contribution in [0.15, 0.2) is 23.4 Å². The van der Waals surface area contributed by atoms with Crippen molar-refractivity contribution < 1.29 is 13.6 Å². The number of carbonyl (C=O) groups excluding carboxylic acids is 1. The molecular formula is C16H24F2N2O. The third kappa shape index (κ3) is 4.22. The van der Waals surface area contributed by atoms with E-state index >= 15 is 0 Å². The zero-order valence-corrected chi connectivity index (χ0v) is 12.9. The molecule has 0 aromatic carbocycles. The molecule has 0 amide bonds. The van der Waals surface area contributed by atoms with Crippen LogP contribution in [0.2, 0.25) is 0 Å². The van der Waals surface area contributed by atoms with Gasteiger partial charge in [0.05, 0.1) is 11.3 Å². The maximum absolute atomic E-state index is 13.6. The van der Waals surface area contributed by atoms with E-state index in [1.54, 1.807) is 0 Å². The zero-order valence-electron chi connectivity index (χ0n) is 12.9. The van der Waals surface area contributed by atoms with Gasteiger partial charge in [0.2, 0.25) is 0 Å². The molecule has 0 heterocycles. The highest BCUT2D eigenvalue weighted by atomic mass is 19.3. The predicted octanol–water partition coefficient (Wildman–Crippen LogP) is 3.86. The van der Waals surface area contributed by atoms with Crippen LogP contribution in [-0.4, -0.2) is 24.5 Å². The van der Waals surface area contributed by atoms with E-state index in [1.165, 1.54) is 0 Å². The first-order valence-electron chi connectivity index (χ1n) is 7.15. The molecule has 1 fully saturated rings. The van der Waals surface area contributed by atoms with E-state index in [-0.39, 0.29) is 17.0 Å². The molecule has 1 saturated carbocycles. The SMILES string of the molecule is C=C(C)C1(C)CCC(N/C(=C(\C=N)C=O)C(C)(F)F)CC1. The van der Waals surface area contributed by atoms with Gasteiger partial charge >= 0.3 is 0 Å². The van der Waals surface area contributed by atoms with Gasteiger partial charge in [-0.2, -0.15) is 0 Å². The smallest absolute Gasteiger partial charge is 0.285 e. The number of rotatable bonds is 6. The van der Waals surface area contributed by atoms with Gasteiger partial charge in [-0.1, -0.05) is 19.1 Å². The van der Waals surface area contributed by atoms with Gasteiger partial charge in [-0.15, -0.1) is 0 Å². The Bertz CT molecular complexity index is 445. The van der Waals surface area contributed by atoms with Gasteiger partial charge in [0, 0.05) is 19.2 Å². The molecule has 2 N–H and O–H groups in total. The first-order chi connectivity index (χ1) is 9.64. The summed E-state index contributed by atoms with van der Waals surface area (Å²) in [5.74, 6) is -3.16. The van der Waals surface area contributed by atoms with Crippen LogP contribution >= 0.6 is 0 Å². The Balaban J connectivity index is 2.85. The molecule has 0 aliphatic heterocycles. The van der Waals surface area contributed by atoms with E-state index in [2.05, 4.69) is 18.8 Å². The molecular weight excluding hydrogens is 274 g/mol. The summed E-state index contributed by atoms with van der Waals surface area (Å²) < 4.78 is 27.3. The standard InChI is InChI=1S/C16H24F2N2O/c1-11(2)15(3)7-5-13(6-8-15)20-14(16(4,17)18)12(9-19)10-21/h9-10,13,19-20H,1,5-8H2,2-4H3/b14-12+,19-9?. The van der Waals surface area contributed by atoms with Gasteiger partial charge in [-0.3, -0.25) is 4.79 Å². The van der Waals surface area contributed by atoms with Gasteiger partial charge in [-0.25, -0.2) is 8.78 Å². The summed E-state index contributed by atoms with van der Waals surface area (Å²) in [7, 11) is 0. The van der Waals surface area contributed by atoms with E-state index in [9.17, 15) is 13.6 Å². The average molecular weight is 298 g/mol. The van der Waals surface area contributed by atoms with Gasteiger partial charge in [0.15, 0.2) is 6.29 Å². The number of carbonyl (C=O) groups is 1. The molecule has 0 radical (unpaired) electrons. The Morgan fingerprint density at radius 2 is 1.95 bits per heavy atom. The molecule has 3 nitrogen and oxygen atoms in total. The summed E-state index contributed by atoms with van der Waals surface area (Å²) >= 11 is 0. The second-order valence-corrected chi connectivity index (χ2v) is 6.24. The Morgan fingerprint density at radius 3 is 2.29 bits per heavy atom. The third-order valence-corrected chi connectivity index (χ3v) is 4.48. The number of aldehydes is 1. The Kier molecular flexibility index (Phi) is 5.42. The molecule has 0 spiro atoms. The number of halogens is 2. The lowest BCUT2D eigenvalue weighted by Crippen LogP contribution is -2.41. The van der Waals surface area contributed by atoms with E-state index in [0.29, 0.717) is 12.5 Å². The summed E-state index contributed by atoms with van der Waals surface area (Å²) in [6, 6.07) is -0.104. The highest BCUT2D eigenvalue weighted by molar-refractivity contribution is 6.01. The lowest BCUT2D eigenvalue weighted by atomic mass is 9.70. The molecule has 21 heavy (non-hydrogen) atoms. The minimum atomic E-state index is -3.16. The minimum Gasteiger partial charge on any atom is -0.380 e. The summed E-state index contributed by atoms with van der Waals surface area (Å²) in [5, 5.41) is 9.90. The van der Waals surface area contributed by atoms with E-state index < -0.39 is 11.6 Å². The van der Waals surface area contributed by atoms with Gasteiger partial charge in [0.1, 0.15) is 0 Å². The van der Waals surface area contributed by atoms with Crippen LogP contribution in [0.4, 0.5) is 8.78 Å². The summed E-state index contributed by atoms with van der Waals surface area (Å²) in [6.45, 7) is 8.89. The fraction of sp³-hybridized carbons (Fsp3) is 0.625. The van der Waals surface area contributed by atoms with Crippen molar-refractivity contribution in [2.45, 2.75) is 58.4 Å². The van der Waals surface area contributed by atoms with Crippen LogP contribution in [0.25, 0.3) is 0 Å². The van der Waals surface area contributed by atoms with Crippen molar-refractivity contribution in [1.29, 1.82) is 5.41 Å². The first kappa shape index (κ1) is 17.5. The highest BCUT2D eigenvalue weighted by Gasteiger charge is 2.36. The van der Waals surface area contributed by atoms with Crippen LogP contribution in [0.1, 0.15) is 46.5 Å². The quantitative estimate of drug-likeness (QED) is 0.338. The van der Waals surface area contributed by atoms with Crippen LogP contribution in [-0.2, 0) is 4.79 Å². The Hall–Kier alpha value is -1.52. The molecule has 0 unspecified atom stereocenters. The molecule has 0 saturated heterocycles. The Morgan fingerprint density at radius 1 is 1.43 bits per heavy atom. The lowest BCUT2D eigenvalue weighted by Gasteiger charge is -2.39. The Labute approximate surface area is 125 Å². The predicted molar refractivity (Wildman–Crippen MR) is 80.8 cm³/mol. The summed E-state index contributed by atoms with van der Waals surface area (Å²) in [4.78, 5) is 10.9. The number of hydrogen-bond acceptors (Lipinski definition) is 3. The second kappa shape index (κ2) is 6.50. The number of hydrogen-bond donors (Lipinski definition) is 2. The van der Waals surface area contributed by atoms with Gasteiger partial charge < -0.3 is 10.7 Å². The second-order valence-electron chi connectivity index (χ2n) is 6.24. The largest absolute Gasteiger partial charge is 0.380 e. The topological polar surface area (TPSA) is 53.0 Å². The van der Waals surface area contributed by atoms with Crippen LogP contribution in [0, 0.1) is 10.8 Å². The third-order valence-electron chi connectivity index (χ3n) is 4.48. The van der Waals surface area contributed by atoms with Crippen molar-refractivity contribution in [3.05, 3.63) is 23.4 Å². The van der Waals surface area contributed by atoms with Crippen molar-refractivity contribution >= 4 is 12.5 Å². The fourth-order valence-electron chi connectivity index (χ4n) is 2.66. The number of nitrogens with one attached hydrogen (secondary N) is 2. The molecule has 0 aromatic rings. The van der Waals surface area contributed by atoms with Crippen LogP contribution in [0.3, 0.4) is 0 Å². The summed E-state index contributed by atoms with van der Waals surface area (Å²) in [5.41, 5.74) is 0.434. The maximum atomic E-state index is 13.6. The van der Waals surface area contributed by atoms with Crippen molar-refractivity contribution in [1.82, 2.24) is 5.32 Å². The van der Waals surface area contributed by atoms with Crippen molar-refractivity contribution in [3.8, 4) is 0 Å². The molecule has 0 bridgehead atoms. The molecule has 118 valence electrons. The summed E-state index contributed by atoms with van der Waals surface area (Å²) in [6.07, 6.45) is 4.22. The highest BCUT2D eigenvalue weighted by Crippen LogP contribution is 2.41. The van der Waals surface area contributed by atoms with E-state index in [0.717, 1.165) is 38.2 Å². The molecule has 1 rings (SSSR count). The molecule has 0 atom stereocenters. The normalized spacial score (nSPS) is 27.6. The van der Waals surface area contributed by atoms with E-state index in [1.807, 2.05) is 6.92 Å².